The number of nitrogens with zero attached hydrogens (tertiary/aromatic N) is 3. The minimum absolute atomic E-state index is 0.00260. The van der Waals surface area contributed by atoms with Crippen LogP contribution in [0, 0.1) is 0 Å². The lowest BCUT2D eigenvalue weighted by Crippen LogP contribution is -2.00. The van der Waals surface area contributed by atoms with Crippen molar-refractivity contribution in [3.63, 3.8) is 0 Å². The van der Waals surface area contributed by atoms with Gasteiger partial charge in [0.15, 0.2) is 17.5 Å². The van der Waals surface area contributed by atoms with Gasteiger partial charge in [-0.1, -0.05) is 139 Å². The van der Waals surface area contributed by atoms with E-state index in [4.69, 9.17) is 27.6 Å². The Hall–Kier alpha value is -6.65. The van der Waals surface area contributed by atoms with E-state index in [1.165, 1.54) is 0 Å². The SMILES string of the molecule is [2H]c1c([2H])c([2H])c2c(oc3c([2H])c([2H])c([2H])c(-c4nc(-c5cccc(-c6ccccc6)c5)nc(-c5ccc6c7ccccc7c7ccccc7c6c5)n4)c32)c1[2H]. The lowest BCUT2D eigenvalue weighted by atomic mass is 9.93. The molecule has 0 spiro atoms. The number of fused-ring (bicyclic) bond motifs is 9. The van der Waals surface area contributed by atoms with E-state index in [9.17, 15) is 1.37 Å². The molecule has 49 heavy (non-hydrogen) atoms. The molecule has 0 atom stereocenters. The van der Waals surface area contributed by atoms with Gasteiger partial charge in [-0.25, -0.2) is 15.0 Å². The minimum Gasteiger partial charge on any atom is -0.456 e. The molecule has 10 aromatic rings. The average molecular weight is 633 g/mol. The molecule has 0 bridgehead atoms. The highest BCUT2D eigenvalue weighted by molar-refractivity contribution is 6.25. The molecule has 2 aromatic heterocycles. The molecule has 4 heteroatoms. The van der Waals surface area contributed by atoms with Crippen molar-refractivity contribution in [1.29, 1.82) is 0 Å². The van der Waals surface area contributed by atoms with E-state index in [0.29, 0.717) is 11.1 Å². The molecular formula is C45H27N3O. The topological polar surface area (TPSA) is 51.8 Å². The van der Waals surface area contributed by atoms with E-state index in [2.05, 4.69) is 36.4 Å². The van der Waals surface area contributed by atoms with Crippen molar-refractivity contribution in [3.8, 4) is 45.3 Å². The van der Waals surface area contributed by atoms with Crippen LogP contribution in [0.25, 0.3) is 99.5 Å². The second-order valence-corrected chi connectivity index (χ2v) is 11.9. The van der Waals surface area contributed by atoms with Crippen molar-refractivity contribution < 1.29 is 14.0 Å². The smallest absolute Gasteiger partial charge is 0.164 e. The zero-order valence-electron chi connectivity index (χ0n) is 32.8. The van der Waals surface area contributed by atoms with Crippen LogP contribution in [0.3, 0.4) is 0 Å². The first-order valence-electron chi connectivity index (χ1n) is 19.4. The van der Waals surface area contributed by atoms with Crippen LogP contribution >= 0.6 is 0 Å². The summed E-state index contributed by atoms with van der Waals surface area (Å²) in [5.74, 6) is 0.574. The van der Waals surface area contributed by atoms with Gasteiger partial charge in [-0.3, -0.25) is 0 Å². The maximum atomic E-state index is 9.22. The molecule has 0 unspecified atom stereocenters. The highest BCUT2D eigenvalue weighted by Crippen LogP contribution is 2.39. The van der Waals surface area contributed by atoms with Crippen molar-refractivity contribution in [2.24, 2.45) is 0 Å². The quantitative estimate of drug-likeness (QED) is 0.181. The van der Waals surface area contributed by atoms with E-state index in [1.807, 2.05) is 84.9 Å². The van der Waals surface area contributed by atoms with Crippen molar-refractivity contribution >= 4 is 54.3 Å². The molecule has 4 nitrogen and oxygen atoms in total. The number of aromatic nitrogens is 3. The third-order valence-corrected chi connectivity index (χ3v) is 9.04. The Morgan fingerprint density at radius 1 is 0.388 bits per heavy atom. The molecule has 0 aliphatic heterocycles. The fourth-order valence-corrected chi connectivity index (χ4v) is 6.79. The Bertz CT molecular complexity index is 3260. The number of hydrogen-bond donors (Lipinski definition) is 0. The minimum atomic E-state index is -0.494. The zero-order chi connectivity index (χ0) is 38.4. The molecule has 8 aromatic carbocycles. The highest BCUT2D eigenvalue weighted by Gasteiger charge is 2.19. The van der Waals surface area contributed by atoms with Crippen LogP contribution in [-0.2, 0) is 0 Å². The normalized spacial score (nSPS) is 13.7. The first kappa shape index (κ1) is 21.3. The predicted octanol–water partition coefficient (Wildman–Crippen LogP) is 11.9. The van der Waals surface area contributed by atoms with E-state index in [1.54, 1.807) is 0 Å². The van der Waals surface area contributed by atoms with Crippen molar-refractivity contribution in [3.05, 3.63) is 164 Å². The lowest BCUT2D eigenvalue weighted by Gasteiger charge is -2.13. The second kappa shape index (κ2) is 11.0. The predicted molar refractivity (Wildman–Crippen MR) is 201 cm³/mol. The van der Waals surface area contributed by atoms with Gasteiger partial charge in [0.1, 0.15) is 11.2 Å². The summed E-state index contributed by atoms with van der Waals surface area (Å²) in [6, 6.07) is 37.3. The van der Waals surface area contributed by atoms with Gasteiger partial charge in [0.05, 0.1) is 9.60 Å². The van der Waals surface area contributed by atoms with Crippen LogP contribution in [0.1, 0.15) is 9.60 Å². The molecular weight excluding hydrogens is 599 g/mol. The Kier molecular flexibility index (Phi) is 4.76. The maximum absolute atomic E-state index is 9.22. The first-order valence-corrected chi connectivity index (χ1v) is 15.9. The molecule has 228 valence electrons. The maximum Gasteiger partial charge on any atom is 0.164 e. The van der Waals surface area contributed by atoms with Gasteiger partial charge in [-0.15, -0.1) is 0 Å². The molecule has 10 rings (SSSR count). The summed E-state index contributed by atoms with van der Waals surface area (Å²) in [5.41, 5.74) is 2.95. The standard InChI is InChI=1S/C45H27N3O/c1-2-12-28(13-3-1)29-14-10-15-30(26-29)43-46-44(48-45(47-43)38-21-11-23-41-42(38)37-20-8-9-22-40(37)49-41)31-24-25-36-34-18-5-4-16-32(34)33-17-6-7-19-35(33)39(36)27-31/h1-27H/i8D,9D,11D,20D,21D,22D,23D. The number of para-hydroxylation sites is 1. The molecule has 0 fully saturated rings. The molecule has 0 aliphatic carbocycles. The summed E-state index contributed by atoms with van der Waals surface area (Å²) in [7, 11) is 0. The Morgan fingerprint density at radius 2 is 0.959 bits per heavy atom. The van der Waals surface area contributed by atoms with Crippen LogP contribution in [0.4, 0.5) is 0 Å². The summed E-state index contributed by atoms with van der Waals surface area (Å²) < 4.78 is 66.9. The van der Waals surface area contributed by atoms with Gasteiger partial charge in [0, 0.05) is 27.5 Å². The summed E-state index contributed by atoms with van der Waals surface area (Å²) in [6.07, 6.45) is 0. The van der Waals surface area contributed by atoms with Gasteiger partial charge in [0.2, 0.25) is 0 Å². The Morgan fingerprint density at radius 3 is 1.71 bits per heavy atom. The third kappa shape index (κ3) is 4.49. The Balaban J connectivity index is 1.30. The summed E-state index contributed by atoms with van der Waals surface area (Å²) >= 11 is 0. The van der Waals surface area contributed by atoms with Crippen molar-refractivity contribution in [2.75, 3.05) is 0 Å². The monoisotopic (exact) mass is 632 g/mol. The fraction of sp³-hybridized carbons (Fsp3) is 0. The second-order valence-electron chi connectivity index (χ2n) is 11.9. The highest BCUT2D eigenvalue weighted by atomic mass is 16.3. The zero-order valence-corrected chi connectivity index (χ0v) is 25.8. The average Bonchev–Trinajstić information content (AvgIpc) is 3.65. The fourth-order valence-electron chi connectivity index (χ4n) is 6.79. The number of rotatable bonds is 4. The molecule has 0 aliphatic rings. The van der Waals surface area contributed by atoms with Gasteiger partial charge in [-0.05, 0) is 67.7 Å². The van der Waals surface area contributed by atoms with Crippen LogP contribution in [-0.4, -0.2) is 15.0 Å². The van der Waals surface area contributed by atoms with Gasteiger partial charge in [0.25, 0.3) is 0 Å². The summed E-state index contributed by atoms with van der Waals surface area (Å²) in [4.78, 5) is 14.9. The molecule has 0 amide bonds. The largest absolute Gasteiger partial charge is 0.456 e. The Labute approximate surface area is 291 Å². The first-order chi connectivity index (χ1) is 27.2. The van der Waals surface area contributed by atoms with Crippen LogP contribution in [0.15, 0.2) is 168 Å². The molecule has 0 N–H and O–H groups in total. The van der Waals surface area contributed by atoms with Crippen LogP contribution < -0.4 is 0 Å². The summed E-state index contributed by atoms with van der Waals surface area (Å²) in [5, 5.41) is 6.54. The van der Waals surface area contributed by atoms with Crippen molar-refractivity contribution in [1.82, 2.24) is 15.0 Å². The molecule has 2 heterocycles. The van der Waals surface area contributed by atoms with Gasteiger partial charge >= 0.3 is 0 Å². The number of hydrogen-bond acceptors (Lipinski definition) is 4. The molecule has 0 saturated carbocycles. The number of furan rings is 1. The molecule has 0 radical (unpaired) electrons. The summed E-state index contributed by atoms with van der Waals surface area (Å²) in [6.45, 7) is 0. The van der Waals surface area contributed by atoms with Crippen molar-refractivity contribution in [2.45, 2.75) is 0 Å². The lowest BCUT2D eigenvalue weighted by molar-refractivity contribution is 0.669. The third-order valence-electron chi connectivity index (χ3n) is 9.04. The van der Waals surface area contributed by atoms with E-state index in [-0.39, 0.29) is 51.0 Å². The number of benzene rings is 8. The van der Waals surface area contributed by atoms with E-state index < -0.39 is 36.3 Å². The van der Waals surface area contributed by atoms with Gasteiger partial charge < -0.3 is 4.42 Å². The van der Waals surface area contributed by atoms with E-state index >= 15 is 0 Å². The van der Waals surface area contributed by atoms with Crippen LogP contribution in [0.5, 0.6) is 0 Å². The molecule has 0 saturated heterocycles. The van der Waals surface area contributed by atoms with Gasteiger partial charge in [-0.2, -0.15) is 0 Å². The van der Waals surface area contributed by atoms with Crippen LogP contribution in [0.2, 0.25) is 0 Å². The van der Waals surface area contributed by atoms with E-state index in [0.717, 1.165) is 43.4 Å².